The Morgan fingerprint density at radius 2 is 1.97 bits per heavy atom. The summed E-state index contributed by atoms with van der Waals surface area (Å²) >= 11 is 7.04. The van der Waals surface area contributed by atoms with Crippen molar-refractivity contribution < 1.29 is 9.53 Å². The number of amides is 1. The lowest BCUT2D eigenvalue weighted by Gasteiger charge is -2.34. The highest BCUT2D eigenvalue weighted by molar-refractivity contribution is 9.10. The maximum atomic E-state index is 13.6. The van der Waals surface area contributed by atoms with Crippen molar-refractivity contribution in [1.82, 2.24) is 29.7 Å². The minimum Gasteiger partial charge on any atom is -0.377 e. The predicted molar refractivity (Wildman–Crippen MR) is 139 cm³/mol. The lowest BCUT2D eigenvalue weighted by Crippen LogP contribution is -2.43. The van der Waals surface area contributed by atoms with Crippen molar-refractivity contribution in [2.45, 2.75) is 26.4 Å². The third-order valence-electron chi connectivity index (χ3n) is 5.94. The van der Waals surface area contributed by atoms with E-state index in [9.17, 15) is 4.79 Å². The Kier molecular flexibility index (Phi) is 6.86. The lowest BCUT2D eigenvalue weighted by atomic mass is 10.1. The summed E-state index contributed by atoms with van der Waals surface area (Å²) in [6.07, 6.45) is 3.69. The van der Waals surface area contributed by atoms with Crippen LogP contribution in [-0.4, -0.2) is 55.3 Å². The molecular weight excluding hydrogens is 576 g/mol. The van der Waals surface area contributed by atoms with E-state index in [1.54, 1.807) is 4.68 Å². The highest BCUT2D eigenvalue weighted by atomic mass is 79.9. The van der Waals surface area contributed by atoms with E-state index in [0.717, 1.165) is 25.8 Å². The molecule has 0 bridgehead atoms. The van der Waals surface area contributed by atoms with Crippen molar-refractivity contribution in [2.75, 3.05) is 19.8 Å². The van der Waals surface area contributed by atoms with Gasteiger partial charge in [-0.3, -0.25) is 9.48 Å². The summed E-state index contributed by atoms with van der Waals surface area (Å²) in [5.74, 6) is -0.0795. The van der Waals surface area contributed by atoms with Gasteiger partial charge in [-0.2, -0.15) is 5.10 Å². The number of aryl methyl sites for hydroxylation is 2. The van der Waals surface area contributed by atoms with Gasteiger partial charge in [-0.25, -0.2) is 4.68 Å². The highest BCUT2D eigenvalue weighted by Crippen LogP contribution is 2.27. The molecule has 4 aromatic rings. The standard InChI is InChI=1S/C25H24Br2N6O2/c1-16-8-20(27)11-21(9-16)33-14-23(28-30-33)24-15-35-7-6-32(24)25(34)22-13-31(29-17(22)2)12-18-4-3-5-19(26)10-18/h3-5,8-11,13-14,24H,6-7,12,15H2,1-2H3. The Morgan fingerprint density at radius 3 is 2.77 bits per heavy atom. The number of carbonyl (C=O) groups excluding carboxylic acids is 1. The molecule has 1 amide bonds. The summed E-state index contributed by atoms with van der Waals surface area (Å²) in [5.41, 5.74) is 5.08. The SMILES string of the molecule is Cc1cc(Br)cc(-n2cc(C3COCCN3C(=O)c3cn(Cc4cccc(Br)c4)nc3C)nn2)c1. The topological polar surface area (TPSA) is 78.1 Å². The molecule has 1 fully saturated rings. The van der Waals surface area contributed by atoms with Crippen LogP contribution < -0.4 is 0 Å². The Morgan fingerprint density at radius 1 is 1.11 bits per heavy atom. The summed E-state index contributed by atoms with van der Waals surface area (Å²) in [6.45, 7) is 5.80. The van der Waals surface area contributed by atoms with E-state index in [1.807, 2.05) is 78.3 Å². The van der Waals surface area contributed by atoms with Gasteiger partial charge in [0.25, 0.3) is 5.91 Å². The Hall–Kier alpha value is -2.82. The maximum absolute atomic E-state index is 13.6. The van der Waals surface area contributed by atoms with Gasteiger partial charge in [0.2, 0.25) is 0 Å². The van der Waals surface area contributed by atoms with Gasteiger partial charge < -0.3 is 9.64 Å². The maximum Gasteiger partial charge on any atom is 0.258 e. The first-order valence-electron chi connectivity index (χ1n) is 11.2. The van der Waals surface area contributed by atoms with E-state index in [2.05, 4.69) is 47.3 Å². The molecule has 0 radical (unpaired) electrons. The molecular formula is C25H24Br2N6O2. The number of morpholine rings is 1. The molecule has 1 atom stereocenters. The molecule has 0 N–H and O–H groups in total. The first-order valence-corrected chi connectivity index (χ1v) is 12.8. The number of nitrogens with zero attached hydrogens (tertiary/aromatic N) is 6. The van der Waals surface area contributed by atoms with E-state index in [0.29, 0.717) is 43.3 Å². The summed E-state index contributed by atoms with van der Waals surface area (Å²) < 4.78 is 11.2. The normalized spacial score (nSPS) is 16.0. The summed E-state index contributed by atoms with van der Waals surface area (Å²) in [4.78, 5) is 15.5. The van der Waals surface area contributed by atoms with Crippen molar-refractivity contribution in [3.8, 4) is 5.69 Å². The van der Waals surface area contributed by atoms with Crippen LogP contribution in [0.4, 0.5) is 0 Å². The summed E-state index contributed by atoms with van der Waals surface area (Å²) in [7, 11) is 0. The Balaban J connectivity index is 1.39. The molecule has 0 saturated carbocycles. The van der Waals surface area contributed by atoms with Gasteiger partial charge in [0, 0.05) is 21.7 Å². The molecule has 35 heavy (non-hydrogen) atoms. The van der Waals surface area contributed by atoms with Gasteiger partial charge in [-0.15, -0.1) is 5.10 Å². The second-order valence-corrected chi connectivity index (χ2v) is 10.5. The Labute approximate surface area is 220 Å². The van der Waals surface area contributed by atoms with Gasteiger partial charge in [-0.1, -0.05) is 49.2 Å². The van der Waals surface area contributed by atoms with E-state index < -0.39 is 0 Å². The van der Waals surface area contributed by atoms with Crippen LogP contribution in [0.5, 0.6) is 0 Å². The molecule has 5 rings (SSSR count). The average molecular weight is 600 g/mol. The molecule has 1 aliphatic heterocycles. The minimum absolute atomic E-state index is 0.0795. The molecule has 3 heterocycles. The fourth-order valence-electron chi connectivity index (χ4n) is 4.28. The van der Waals surface area contributed by atoms with Crippen molar-refractivity contribution >= 4 is 37.8 Å². The van der Waals surface area contributed by atoms with Crippen LogP contribution in [0.3, 0.4) is 0 Å². The molecule has 2 aromatic carbocycles. The van der Waals surface area contributed by atoms with Crippen LogP contribution in [0.2, 0.25) is 0 Å². The van der Waals surface area contributed by atoms with E-state index in [1.165, 1.54) is 0 Å². The molecule has 10 heteroatoms. The summed E-state index contributed by atoms with van der Waals surface area (Å²) in [6, 6.07) is 13.8. The van der Waals surface area contributed by atoms with Gasteiger partial charge in [0.1, 0.15) is 11.7 Å². The monoisotopic (exact) mass is 598 g/mol. The van der Waals surface area contributed by atoms with Crippen LogP contribution in [0.25, 0.3) is 5.69 Å². The van der Waals surface area contributed by atoms with E-state index in [-0.39, 0.29) is 11.9 Å². The number of hydrogen-bond acceptors (Lipinski definition) is 5. The van der Waals surface area contributed by atoms with Crippen molar-refractivity contribution in [1.29, 1.82) is 0 Å². The number of hydrogen-bond donors (Lipinski definition) is 0. The lowest BCUT2D eigenvalue weighted by molar-refractivity contribution is -0.00397. The summed E-state index contributed by atoms with van der Waals surface area (Å²) in [5, 5.41) is 13.3. The van der Waals surface area contributed by atoms with Crippen molar-refractivity contribution in [3.63, 3.8) is 0 Å². The third-order valence-corrected chi connectivity index (χ3v) is 6.89. The smallest absolute Gasteiger partial charge is 0.258 e. The minimum atomic E-state index is -0.328. The molecule has 2 aromatic heterocycles. The molecule has 1 unspecified atom stereocenters. The van der Waals surface area contributed by atoms with Crippen LogP contribution in [0, 0.1) is 13.8 Å². The number of aromatic nitrogens is 5. The van der Waals surface area contributed by atoms with E-state index in [4.69, 9.17) is 4.74 Å². The fraction of sp³-hybridized carbons (Fsp3) is 0.280. The van der Waals surface area contributed by atoms with Crippen molar-refractivity contribution in [3.05, 3.63) is 91.9 Å². The van der Waals surface area contributed by atoms with E-state index >= 15 is 0 Å². The quantitative estimate of drug-likeness (QED) is 0.327. The average Bonchev–Trinajstić information content (AvgIpc) is 3.45. The Bertz CT molecular complexity index is 1360. The first-order chi connectivity index (χ1) is 16.9. The molecule has 180 valence electrons. The zero-order valence-corrected chi connectivity index (χ0v) is 22.5. The predicted octanol–water partition coefficient (Wildman–Crippen LogP) is 4.87. The number of rotatable bonds is 5. The number of carbonyl (C=O) groups is 1. The molecule has 1 aliphatic rings. The number of ether oxygens (including phenoxy) is 1. The van der Waals surface area contributed by atoms with Crippen molar-refractivity contribution in [2.24, 2.45) is 0 Å². The third kappa shape index (κ3) is 5.24. The van der Waals surface area contributed by atoms with Gasteiger partial charge in [0.15, 0.2) is 0 Å². The van der Waals surface area contributed by atoms with Crippen LogP contribution in [-0.2, 0) is 11.3 Å². The largest absolute Gasteiger partial charge is 0.377 e. The molecule has 8 nitrogen and oxygen atoms in total. The van der Waals surface area contributed by atoms with Crippen LogP contribution in [0.15, 0.2) is 63.8 Å². The van der Waals surface area contributed by atoms with Gasteiger partial charge in [-0.05, 0) is 55.3 Å². The second kappa shape index (κ2) is 10.0. The highest BCUT2D eigenvalue weighted by Gasteiger charge is 2.33. The number of benzene rings is 2. The second-order valence-electron chi connectivity index (χ2n) is 8.62. The fourth-order valence-corrected chi connectivity index (χ4v) is 5.32. The van der Waals surface area contributed by atoms with Gasteiger partial charge in [0.05, 0.1) is 42.9 Å². The molecule has 1 saturated heterocycles. The van der Waals surface area contributed by atoms with Crippen LogP contribution >= 0.6 is 31.9 Å². The zero-order valence-electron chi connectivity index (χ0n) is 19.4. The van der Waals surface area contributed by atoms with Crippen LogP contribution in [0.1, 0.15) is 38.9 Å². The van der Waals surface area contributed by atoms with Gasteiger partial charge >= 0.3 is 0 Å². The molecule has 0 spiro atoms. The number of halogens is 2. The molecule has 0 aliphatic carbocycles. The zero-order chi connectivity index (χ0) is 24.5. The first kappa shape index (κ1) is 23.9.